The Labute approximate surface area is 152 Å². The minimum Gasteiger partial charge on any atom is -0.496 e. The molecule has 3 N–H and O–H groups in total. The Bertz CT molecular complexity index is 949. The van der Waals surface area contributed by atoms with Crippen LogP contribution >= 0.6 is 0 Å². The first kappa shape index (κ1) is 18.1. The number of aryl methyl sites for hydroxylation is 3. The lowest BCUT2D eigenvalue weighted by Gasteiger charge is -2.13. The van der Waals surface area contributed by atoms with Crippen LogP contribution in [0.5, 0.6) is 5.75 Å². The molecule has 0 bridgehead atoms. The van der Waals surface area contributed by atoms with E-state index in [0.29, 0.717) is 13.0 Å². The number of methoxy groups -OCH3 is 1. The van der Waals surface area contributed by atoms with E-state index in [1.165, 1.54) is 0 Å². The van der Waals surface area contributed by atoms with Crippen molar-refractivity contribution in [3.63, 3.8) is 0 Å². The fourth-order valence-electron chi connectivity index (χ4n) is 3.45. The molecule has 0 aliphatic carbocycles. The second-order valence-electron chi connectivity index (χ2n) is 6.52. The van der Waals surface area contributed by atoms with Crippen LogP contribution < -0.4 is 10.5 Å². The van der Waals surface area contributed by atoms with E-state index in [-0.39, 0.29) is 12.6 Å². The number of ether oxygens (including phenoxy) is 1. The van der Waals surface area contributed by atoms with E-state index in [4.69, 9.17) is 10.5 Å². The van der Waals surface area contributed by atoms with Gasteiger partial charge in [-0.3, -0.25) is 4.98 Å². The van der Waals surface area contributed by atoms with Gasteiger partial charge in [0.2, 0.25) is 5.95 Å². The number of nitrogens with two attached hydrogens (primary N) is 1. The Hall–Kier alpha value is -2.67. The molecule has 0 saturated heterocycles. The van der Waals surface area contributed by atoms with Gasteiger partial charge < -0.3 is 20.1 Å². The van der Waals surface area contributed by atoms with Gasteiger partial charge in [-0.05, 0) is 39.2 Å². The quantitative estimate of drug-likeness (QED) is 0.704. The maximum Gasteiger partial charge on any atom is 0.222 e. The molecule has 0 amide bonds. The van der Waals surface area contributed by atoms with E-state index >= 15 is 0 Å². The van der Waals surface area contributed by atoms with Crippen molar-refractivity contribution < 1.29 is 9.84 Å². The molecule has 0 unspecified atom stereocenters. The van der Waals surface area contributed by atoms with Gasteiger partial charge in [0.1, 0.15) is 11.4 Å². The first-order chi connectivity index (χ1) is 12.5. The summed E-state index contributed by atoms with van der Waals surface area (Å²) in [7, 11) is 1.68. The highest BCUT2D eigenvalue weighted by molar-refractivity contribution is 5.83. The first-order valence-corrected chi connectivity index (χ1v) is 8.68. The second kappa shape index (κ2) is 7.29. The summed E-state index contributed by atoms with van der Waals surface area (Å²) in [6.07, 6.45) is 5.35. The number of nitrogen functional groups attached to an aromatic ring is 1. The van der Waals surface area contributed by atoms with Gasteiger partial charge in [0.05, 0.1) is 25.0 Å². The normalized spacial score (nSPS) is 11.3. The van der Waals surface area contributed by atoms with Gasteiger partial charge in [0.15, 0.2) is 0 Å². The highest BCUT2D eigenvalue weighted by Crippen LogP contribution is 2.28. The molecule has 0 aliphatic heterocycles. The van der Waals surface area contributed by atoms with Crippen LogP contribution in [-0.2, 0) is 13.0 Å². The summed E-state index contributed by atoms with van der Waals surface area (Å²) in [6, 6.07) is 0. The number of fused-ring (bicyclic) bond motifs is 1. The molecule has 0 radical (unpaired) electrons. The monoisotopic (exact) mass is 355 g/mol. The molecule has 0 atom stereocenters. The van der Waals surface area contributed by atoms with Crippen LogP contribution in [0, 0.1) is 20.8 Å². The number of aromatic nitrogens is 4. The summed E-state index contributed by atoms with van der Waals surface area (Å²) in [5.41, 5.74) is 11.6. The molecule has 3 rings (SSSR count). The second-order valence-corrected chi connectivity index (χ2v) is 6.52. The molecule has 3 aromatic rings. The van der Waals surface area contributed by atoms with Crippen molar-refractivity contribution in [3.05, 3.63) is 40.5 Å². The number of rotatable bonds is 6. The Balaban J connectivity index is 2.11. The molecule has 3 aromatic heterocycles. The van der Waals surface area contributed by atoms with Crippen molar-refractivity contribution in [2.45, 2.75) is 40.2 Å². The topological polar surface area (TPSA) is 99.1 Å². The average molecular weight is 355 g/mol. The highest BCUT2D eigenvalue weighted by atomic mass is 16.5. The number of hydrogen-bond acceptors (Lipinski definition) is 6. The van der Waals surface area contributed by atoms with E-state index in [2.05, 4.69) is 25.7 Å². The van der Waals surface area contributed by atoms with E-state index in [0.717, 1.165) is 51.3 Å². The maximum atomic E-state index is 9.19. The number of hydrogen-bond donors (Lipinski definition) is 2. The van der Waals surface area contributed by atoms with Gasteiger partial charge in [0, 0.05) is 35.5 Å². The van der Waals surface area contributed by atoms with Gasteiger partial charge in [-0.15, -0.1) is 0 Å². The van der Waals surface area contributed by atoms with Crippen LogP contribution in [0.15, 0.2) is 12.4 Å². The van der Waals surface area contributed by atoms with E-state index in [1.807, 2.05) is 27.0 Å². The van der Waals surface area contributed by atoms with Crippen molar-refractivity contribution in [1.29, 1.82) is 0 Å². The van der Waals surface area contributed by atoms with Gasteiger partial charge in [0.25, 0.3) is 0 Å². The largest absolute Gasteiger partial charge is 0.496 e. The van der Waals surface area contributed by atoms with Crippen LogP contribution in [0.1, 0.15) is 34.5 Å². The Morgan fingerprint density at radius 1 is 1.23 bits per heavy atom. The molecule has 138 valence electrons. The SMILES string of the molecule is COc1c(C)cnc(Cn2cc(CCCO)c3c(C)nc(N)nc32)c1C. The van der Waals surface area contributed by atoms with E-state index in [9.17, 15) is 5.11 Å². The molecule has 0 saturated carbocycles. The minimum atomic E-state index is 0.150. The predicted octanol–water partition coefficient (Wildman–Crippen LogP) is 2.32. The standard InChI is InChI=1S/C19H25N5O2/c1-11-8-21-15(12(2)17(11)26-4)10-24-9-14(6-5-7-25)16-13(3)22-19(20)23-18(16)24/h8-9,25H,5-7,10H2,1-4H3,(H2,20,22,23). The third-order valence-electron chi connectivity index (χ3n) is 4.67. The first-order valence-electron chi connectivity index (χ1n) is 8.68. The molecule has 0 aromatic carbocycles. The van der Waals surface area contributed by atoms with Crippen molar-refractivity contribution in [2.75, 3.05) is 19.5 Å². The average Bonchev–Trinajstić information content (AvgIpc) is 2.93. The summed E-state index contributed by atoms with van der Waals surface area (Å²) in [5, 5.41) is 10.2. The van der Waals surface area contributed by atoms with Crippen molar-refractivity contribution in [2.24, 2.45) is 0 Å². The Morgan fingerprint density at radius 2 is 2.00 bits per heavy atom. The number of aliphatic hydroxyl groups is 1. The summed E-state index contributed by atoms with van der Waals surface area (Å²) < 4.78 is 7.57. The van der Waals surface area contributed by atoms with Gasteiger partial charge >= 0.3 is 0 Å². The molecule has 0 fully saturated rings. The fourth-order valence-corrected chi connectivity index (χ4v) is 3.45. The maximum absolute atomic E-state index is 9.19. The Morgan fingerprint density at radius 3 is 2.69 bits per heavy atom. The van der Waals surface area contributed by atoms with Crippen LogP contribution in [0.3, 0.4) is 0 Å². The van der Waals surface area contributed by atoms with Crippen LogP contribution in [0.2, 0.25) is 0 Å². The zero-order valence-corrected chi connectivity index (χ0v) is 15.7. The molecule has 26 heavy (non-hydrogen) atoms. The molecular weight excluding hydrogens is 330 g/mol. The third kappa shape index (κ3) is 3.22. The molecule has 3 heterocycles. The lowest BCUT2D eigenvalue weighted by atomic mass is 10.1. The molecule has 7 nitrogen and oxygen atoms in total. The Kier molecular flexibility index (Phi) is 5.08. The molecule has 0 spiro atoms. The molecule has 7 heteroatoms. The minimum absolute atomic E-state index is 0.150. The van der Waals surface area contributed by atoms with Gasteiger partial charge in [-0.1, -0.05) is 0 Å². The van der Waals surface area contributed by atoms with Crippen molar-refractivity contribution >= 4 is 17.0 Å². The lowest BCUT2D eigenvalue weighted by molar-refractivity contribution is 0.288. The van der Waals surface area contributed by atoms with Gasteiger partial charge in [-0.2, -0.15) is 4.98 Å². The summed E-state index contributed by atoms with van der Waals surface area (Å²) in [6.45, 7) is 6.65. The van der Waals surface area contributed by atoms with Crippen LogP contribution in [0.4, 0.5) is 5.95 Å². The van der Waals surface area contributed by atoms with E-state index in [1.54, 1.807) is 7.11 Å². The number of pyridine rings is 1. The van der Waals surface area contributed by atoms with Crippen molar-refractivity contribution in [3.8, 4) is 5.75 Å². The predicted molar refractivity (Wildman–Crippen MR) is 101 cm³/mol. The number of nitrogens with zero attached hydrogens (tertiary/aromatic N) is 4. The molecule has 0 aliphatic rings. The number of aliphatic hydroxyl groups excluding tert-OH is 1. The zero-order chi connectivity index (χ0) is 18.8. The highest BCUT2D eigenvalue weighted by Gasteiger charge is 2.16. The third-order valence-corrected chi connectivity index (χ3v) is 4.67. The van der Waals surface area contributed by atoms with Crippen molar-refractivity contribution in [1.82, 2.24) is 19.5 Å². The summed E-state index contributed by atoms with van der Waals surface area (Å²) in [5.74, 6) is 1.12. The summed E-state index contributed by atoms with van der Waals surface area (Å²) >= 11 is 0. The van der Waals surface area contributed by atoms with Crippen LogP contribution in [0.25, 0.3) is 11.0 Å². The fraction of sp³-hybridized carbons (Fsp3) is 0.421. The molecular formula is C19H25N5O2. The summed E-state index contributed by atoms with van der Waals surface area (Å²) in [4.78, 5) is 13.4. The van der Waals surface area contributed by atoms with Crippen LogP contribution in [-0.4, -0.2) is 38.3 Å². The lowest BCUT2D eigenvalue weighted by Crippen LogP contribution is -2.07. The van der Waals surface area contributed by atoms with E-state index < -0.39 is 0 Å². The smallest absolute Gasteiger partial charge is 0.222 e. The zero-order valence-electron chi connectivity index (χ0n) is 15.7. The number of anilines is 1. The van der Waals surface area contributed by atoms with Gasteiger partial charge in [-0.25, -0.2) is 4.98 Å².